The first kappa shape index (κ1) is 10.6. The molecule has 0 unspecified atom stereocenters. The molecule has 0 bridgehead atoms. The maximum atomic E-state index is 9.60. The fourth-order valence-corrected chi connectivity index (χ4v) is 0.0643. The van der Waals surface area contributed by atoms with E-state index in [9.17, 15) is 4.79 Å². The van der Waals surface area contributed by atoms with Crippen LogP contribution in [0.25, 0.3) is 0 Å². The zero-order chi connectivity index (χ0) is 4.99. The zero-order valence-corrected chi connectivity index (χ0v) is 7.39. The Morgan fingerprint density at radius 1 is 2.00 bits per heavy atom. The van der Waals surface area contributed by atoms with Crippen molar-refractivity contribution in [2.75, 3.05) is 0 Å². The Labute approximate surface area is 85.5 Å². The van der Waals surface area contributed by atoms with Crippen molar-refractivity contribution >= 4 is 5.97 Å². The maximum Gasteiger partial charge on any atom is 1.00 e. The van der Waals surface area contributed by atoms with Gasteiger partial charge in [0.1, 0.15) is 0 Å². The van der Waals surface area contributed by atoms with Crippen LogP contribution in [-0.2, 0) is 9.53 Å². The minimum atomic E-state index is -0.572. The molecule has 0 fully saturated rings. The third kappa shape index (κ3) is 10.8. The third-order valence-corrected chi connectivity index (χ3v) is 0.189. The number of nitriles is 1. The van der Waals surface area contributed by atoms with Crippen molar-refractivity contribution in [3.8, 4) is 6.26 Å². The van der Waals surface area contributed by atoms with Crippen molar-refractivity contribution in [1.82, 2.24) is 0 Å². The van der Waals surface area contributed by atoms with Crippen LogP contribution in [0.5, 0.6) is 0 Å². The number of ether oxygens (including phenoxy) is 1. The topological polar surface area (TPSA) is 50.1 Å². The molecule has 0 saturated carbocycles. The Bertz CT molecular complexity index is 99.9. The molecule has 0 aromatic rings. The van der Waals surface area contributed by atoms with Crippen LogP contribution in [0, 0.1) is 11.5 Å². The van der Waals surface area contributed by atoms with Crippen LogP contribution in [0.3, 0.4) is 0 Å². The van der Waals surface area contributed by atoms with Crippen molar-refractivity contribution in [2.24, 2.45) is 0 Å². The summed E-state index contributed by atoms with van der Waals surface area (Å²) in [6, 6.07) is 0. The van der Waals surface area contributed by atoms with Crippen LogP contribution >= 0.6 is 0 Å². The first-order chi connectivity index (χ1) is 2.77. The summed E-state index contributed by atoms with van der Waals surface area (Å²) in [6.45, 7) is 1.17. The van der Waals surface area contributed by atoms with E-state index < -0.39 is 5.97 Å². The Balaban J connectivity index is -0.000000125. The van der Waals surface area contributed by atoms with Crippen LogP contribution in [0.1, 0.15) is 8.35 Å². The molecule has 0 aromatic carbocycles. The van der Waals surface area contributed by atoms with E-state index in [0.717, 1.165) is 0 Å². The van der Waals surface area contributed by atoms with Gasteiger partial charge >= 0.3 is 57.4 Å². The standard InChI is InChI=1S/C3H3NO2.K.H/c1-3(5)6-2-4;;/h1H3;;/q;+1;-1. The molecule has 0 spiro atoms. The third-order valence-electron chi connectivity index (χ3n) is 0.189. The number of hydrogen-bond acceptors (Lipinski definition) is 3. The molecule has 0 aliphatic carbocycles. The smallest absolute Gasteiger partial charge is 1.00 e. The number of nitrogens with zero attached hydrogens (tertiary/aromatic N) is 1. The molecular weight excluding hydrogens is 121 g/mol. The molecule has 0 radical (unpaired) electrons. The first-order valence-corrected chi connectivity index (χ1v) is 1.34. The van der Waals surface area contributed by atoms with E-state index in [1.54, 1.807) is 0 Å². The van der Waals surface area contributed by atoms with Gasteiger partial charge in [-0.2, -0.15) is 0 Å². The van der Waals surface area contributed by atoms with E-state index in [4.69, 9.17) is 5.26 Å². The van der Waals surface area contributed by atoms with E-state index in [1.807, 2.05) is 0 Å². The molecule has 34 valence electrons. The Hall–Kier alpha value is 0.596. The second kappa shape index (κ2) is 6.60. The summed E-state index contributed by atoms with van der Waals surface area (Å²) >= 11 is 0. The Morgan fingerprint density at radius 2 is 2.43 bits per heavy atom. The second-order valence-corrected chi connectivity index (χ2v) is 0.685. The fraction of sp³-hybridized carbons (Fsp3) is 0.333. The summed E-state index contributed by atoms with van der Waals surface area (Å²) in [5.74, 6) is -0.572. The summed E-state index contributed by atoms with van der Waals surface area (Å²) < 4.78 is 3.71. The molecule has 0 saturated heterocycles. The van der Waals surface area contributed by atoms with Gasteiger partial charge in [-0.15, -0.1) is 5.26 Å². The van der Waals surface area contributed by atoms with Crippen LogP contribution in [0.15, 0.2) is 0 Å². The van der Waals surface area contributed by atoms with Gasteiger partial charge in [-0.05, 0) is 0 Å². The Kier molecular flexibility index (Phi) is 9.95. The van der Waals surface area contributed by atoms with Crippen molar-refractivity contribution in [1.29, 1.82) is 5.26 Å². The van der Waals surface area contributed by atoms with Gasteiger partial charge in [0.15, 0.2) is 0 Å². The largest absolute Gasteiger partial charge is 1.00 e. The van der Waals surface area contributed by atoms with Gasteiger partial charge in [-0.3, -0.25) is 4.79 Å². The van der Waals surface area contributed by atoms with E-state index >= 15 is 0 Å². The normalized spacial score (nSPS) is 5.14. The molecule has 0 aromatic heterocycles. The minimum Gasteiger partial charge on any atom is -1.00 e. The van der Waals surface area contributed by atoms with Crippen LogP contribution in [0.2, 0.25) is 0 Å². The minimum absolute atomic E-state index is 0. The monoisotopic (exact) mass is 125 g/mol. The van der Waals surface area contributed by atoms with Crippen LogP contribution in [-0.4, -0.2) is 5.97 Å². The van der Waals surface area contributed by atoms with E-state index in [-0.39, 0.29) is 52.8 Å². The predicted octanol–water partition coefficient (Wildman–Crippen LogP) is -2.85. The van der Waals surface area contributed by atoms with Crippen molar-refractivity contribution in [3.05, 3.63) is 0 Å². The van der Waals surface area contributed by atoms with Gasteiger partial charge in [0.05, 0.1) is 0 Å². The number of hydrogen-bond donors (Lipinski definition) is 0. The first-order valence-electron chi connectivity index (χ1n) is 1.34. The summed E-state index contributed by atoms with van der Waals surface area (Å²) in [6.07, 6.45) is 1.22. The van der Waals surface area contributed by atoms with Gasteiger partial charge in [0, 0.05) is 6.92 Å². The van der Waals surface area contributed by atoms with Crippen molar-refractivity contribution in [2.45, 2.75) is 6.92 Å². The van der Waals surface area contributed by atoms with E-state index in [1.165, 1.54) is 13.2 Å². The van der Waals surface area contributed by atoms with Crippen molar-refractivity contribution < 1.29 is 62.3 Å². The molecule has 0 N–H and O–H groups in total. The SMILES string of the molecule is CC(=O)OC#N.[H-].[K+]. The van der Waals surface area contributed by atoms with Gasteiger partial charge in [0.25, 0.3) is 6.26 Å². The summed E-state index contributed by atoms with van der Waals surface area (Å²) in [7, 11) is 0. The average Bonchev–Trinajstić information content (AvgIpc) is 1.35. The van der Waals surface area contributed by atoms with Gasteiger partial charge in [-0.25, -0.2) is 0 Å². The molecule has 0 aliphatic heterocycles. The number of carbonyl (C=O) groups excluding carboxylic acids is 1. The molecule has 0 atom stereocenters. The summed E-state index contributed by atoms with van der Waals surface area (Å²) in [4.78, 5) is 9.60. The average molecular weight is 125 g/mol. The maximum absolute atomic E-state index is 9.60. The van der Waals surface area contributed by atoms with Crippen molar-refractivity contribution in [3.63, 3.8) is 0 Å². The van der Waals surface area contributed by atoms with Gasteiger partial charge in [0.2, 0.25) is 0 Å². The quantitative estimate of drug-likeness (QED) is 0.199. The second-order valence-electron chi connectivity index (χ2n) is 0.685. The van der Waals surface area contributed by atoms with E-state index in [2.05, 4.69) is 4.74 Å². The zero-order valence-electron chi connectivity index (χ0n) is 5.26. The fourth-order valence-electron chi connectivity index (χ4n) is 0.0643. The summed E-state index contributed by atoms with van der Waals surface area (Å²) in [5.41, 5.74) is 0. The molecule has 4 heteroatoms. The molecule has 0 aliphatic rings. The molecule has 0 amide bonds. The summed E-state index contributed by atoms with van der Waals surface area (Å²) in [5, 5.41) is 7.54. The Morgan fingerprint density at radius 3 is 2.43 bits per heavy atom. The van der Waals surface area contributed by atoms with Gasteiger partial charge < -0.3 is 6.16 Å². The number of esters is 1. The predicted molar refractivity (Wildman–Crippen MR) is 18.5 cm³/mol. The molecule has 7 heavy (non-hydrogen) atoms. The van der Waals surface area contributed by atoms with E-state index in [0.29, 0.717) is 0 Å². The van der Waals surface area contributed by atoms with Crippen LogP contribution < -0.4 is 51.4 Å². The molecule has 0 rings (SSSR count). The molecule has 0 heterocycles. The van der Waals surface area contributed by atoms with Crippen LogP contribution in [0.4, 0.5) is 0 Å². The number of carbonyl (C=O) groups is 1. The molecular formula is C3H4KNO2. The number of rotatable bonds is 0. The molecule has 3 nitrogen and oxygen atoms in total. The van der Waals surface area contributed by atoms with Gasteiger partial charge in [-0.1, -0.05) is 0 Å².